The van der Waals surface area contributed by atoms with Gasteiger partial charge in [-0.2, -0.15) is 5.10 Å². The molecule has 7 heteroatoms. The van der Waals surface area contributed by atoms with E-state index in [2.05, 4.69) is 65.0 Å². The molecule has 1 N–H and O–H groups in total. The van der Waals surface area contributed by atoms with Gasteiger partial charge in [0.1, 0.15) is 11.6 Å². The molecule has 1 saturated heterocycles. The lowest BCUT2D eigenvalue weighted by Crippen LogP contribution is -2.36. The second kappa shape index (κ2) is 12.5. The van der Waals surface area contributed by atoms with Gasteiger partial charge in [-0.15, -0.1) is 0 Å². The van der Waals surface area contributed by atoms with Crippen molar-refractivity contribution in [3.05, 3.63) is 95.9 Å². The molecule has 3 aromatic rings. The molecule has 0 amide bonds. The van der Waals surface area contributed by atoms with E-state index in [-0.39, 0.29) is 11.9 Å². The van der Waals surface area contributed by atoms with E-state index in [0.717, 1.165) is 73.2 Å². The molecule has 1 unspecified atom stereocenters. The number of aromatic nitrogens is 3. The van der Waals surface area contributed by atoms with Crippen molar-refractivity contribution in [2.75, 3.05) is 31.2 Å². The first-order chi connectivity index (χ1) is 18.1. The van der Waals surface area contributed by atoms with E-state index < -0.39 is 0 Å². The van der Waals surface area contributed by atoms with Gasteiger partial charge in [0, 0.05) is 36.1 Å². The lowest BCUT2D eigenvalue weighted by Gasteiger charge is -2.29. The summed E-state index contributed by atoms with van der Waals surface area (Å²) in [6.07, 6.45) is 11.6. The second-order valence-corrected chi connectivity index (χ2v) is 8.92. The first-order valence-corrected chi connectivity index (χ1v) is 13.0. The third kappa shape index (κ3) is 6.00. The van der Waals surface area contributed by atoms with Crippen molar-refractivity contribution in [2.45, 2.75) is 39.7 Å². The topological polar surface area (TPSA) is 55.2 Å². The van der Waals surface area contributed by atoms with Gasteiger partial charge in [0.25, 0.3) is 0 Å². The van der Waals surface area contributed by atoms with Crippen LogP contribution in [0, 0.1) is 5.82 Å². The minimum Gasteiger partial charge on any atom is -0.378 e. The van der Waals surface area contributed by atoms with Crippen LogP contribution in [0.25, 0.3) is 17.3 Å². The quantitative estimate of drug-likeness (QED) is 0.329. The molecular formula is C30H36FN5O. The maximum absolute atomic E-state index is 13.5. The number of hydrogen-bond donors (Lipinski definition) is 1. The third-order valence-corrected chi connectivity index (χ3v) is 6.59. The standard InChI is InChI=1S/C30H36FN5O/c1-5-9-28(34-27(7-3)22-14-15-32-30(20-22)35-16-18-37-19-17-35)25(6-2)26-21-33-36(29(26)8-4)24-12-10-23(31)11-13-24/h6,8-15,20-21,27,34H,4-5,7,16-19H2,1-3H3/b25-6+,28-9+. The lowest BCUT2D eigenvalue weighted by molar-refractivity contribution is 0.122. The molecule has 1 aliphatic heterocycles. The smallest absolute Gasteiger partial charge is 0.128 e. The van der Waals surface area contributed by atoms with Crippen molar-refractivity contribution < 1.29 is 9.13 Å². The van der Waals surface area contributed by atoms with Gasteiger partial charge in [0.05, 0.1) is 36.8 Å². The Kier molecular flexibility index (Phi) is 8.90. The third-order valence-electron chi connectivity index (χ3n) is 6.59. The number of nitrogens with one attached hydrogen (secondary N) is 1. The molecule has 0 aliphatic carbocycles. The molecule has 6 nitrogen and oxygen atoms in total. The van der Waals surface area contributed by atoms with Crippen molar-refractivity contribution in [3.63, 3.8) is 0 Å². The van der Waals surface area contributed by atoms with E-state index in [9.17, 15) is 4.39 Å². The van der Waals surface area contributed by atoms with E-state index >= 15 is 0 Å². The number of anilines is 1. The number of allylic oxidation sites excluding steroid dienone is 3. The van der Waals surface area contributed by atoms with Gasteiger partial charge in [0.2, 0.25) is 0 Å². The molecule has 2 aromatic heterocycles. The van der Waals surface area contributed by atoms with Crippen LogP contribution in [-0.2, 0) is 4.74 Å². The van der Waals surface area contributed by atoms with Crippen LogP contribution in [0.3, 0.4) is 0 Å². The van der Waals surface area contributed by atoms with Crippen LogP contribution in [0.5, 0.6) is 0 Å². The number of nitrogens with zero attached hydrogens (tertiary/aromatic N) is 4. The summed E-state index contributed by atoms with van der Waals surface area (Å²) in [7, 11) is 0. The summed E-state index contributed by atoms with van der Waals surface area (Å²) < 4.78 is 20.8. The van der Waals surface area contributed by atoms with Crippen molar-refractivity contribution in [1.82, 2.24) is 20.1 Å². The van der Waals surface area contributed by atoms with Gasteiger partial charge in [-0.3, -0.25) is 0 Å². The Morgan fingerprint density at radius 2 is 1.95 bits per heavy atom. The maximum Gasteiger partial charge on any atom is 0.128 e. The molecule has 194 valence electrons. The van der Waals surface area contributed by atoms with Crippen LogP contribution in [0.2, 0.25) is 0 Å². The summed E-state index contributed by atoms with van der Waals surface area (Å²) in [5.74, 6) is 0.712. The Hall–Kier alpha value is -3.71. The SMILES string of the molecule is C=Cc1c(C(=C\C)/C(=C\CC)NC(CC)c2ccnc(N3CCOCC3)c2)cnn1-c1ccc(F)cc1. The average Bonchev–Trinajstić information content (AvgIpc) is 3.36. The van der Waals surface area contributed by atoms with Crippen LogP contribution in [0.4, 0.5) is 10.2 Å². The van der Waals surface area contributed by atoms with Crippen LogP contribution in [0.1, 0.15) is 56.5 Å². The van der Waals surface area contributed by atoms with Crippen LogP contribution < -0.4 is 10.2 Å². The maximum atomic E-state index is 13.5. The molecule has 1 atom stereocenters. The highest BCUT2D eigenvalue weighted by Crippen LogP contribution is 2.31. The van der Waals surface area contributed by atoms with Crippen molar-refractivity contribution in [3.8, 4) is 5.69 Å². The summed E-state index contributed by atoms with van der Waals surface area (Å²) in [4.78, 5) is 6.90. The number of benzene rings is 1. The van der Waals surface area contributed by atoms with Gasteiger partial charge in [0.15, 0.2) is 0 Å². The normalized spacial score (nSPS) is 15.5. The highest BCUT2D eigenvalue weighted by atomic mass is 19.1. The first kappa shape index (κ1) is 26.4. The fourth-order valence-corrected chi connectivity index (χ4v) is 4.68. The molecule has 37 heavy (non-hydrogen) atoms. The highest BCUT2D eigenvalue weighted by Gasteiger charge is 2.20. The van der Waals surface area contributed by atoms with Crippen LogP contribution >= 0.6 is 0 Å². The fourth-order valence-electron chi connectivity index (χ4n) is 4.68. The molecule has 3 heterocycles. The molecule has 0 saturated carbocycles. The lowest BCUT2D eigenvalue weighted by atomic mass is 9.98. The molecule has 0 bridgehead atoms. The molecule has 1 aromatic carbocycles. The number of halogens is 1. The van der Waals surface area contributed by atoms with Crippen LogP contribution in [-0.4, -0.2) is 41.1 Å². The van der Waals surface area contributed by atoms with Gasteiger partial charge in [-0.1, -0.05) is 32.6 Å². The zero-order valence-electron chi connectivity index (χ0n) is 22.0. The van der Waals surface area contributed by atoms with Crippen LogP contribution in [0.15, 0.2) is 73.2 Å². The predicted octanol–water partition coefficient (Wildman–Crippen LogP) is 6.32. The molecule has 0 radical (unpaired) electrons. The summed E-state index contributed by atoms with van der Waals surface area (Å²) in [6.45, 7) is 13.6. The molecule has 0 spiro atoms. The summed E-state index contributed by atoms with van der Waals surface area (Å²) in [5.41, 5.74) is 5.89. The highest BCUT2D eigenvalue weighted by molar-refractivity contribution is 5.82. The van der Waals surface area contributed by atoms with Gasteiger partial charge in [-0.05, 0) is 67.8 Å². The van der Waals surface area contributed by atoms with E-state index in [1.807, 2.05) is 19.3 Å². The number of rotatable bonds is 10. The summed E-state index contributed by atoms with van der Waals surface area (Å²) >= 11 is 0. The number of ether oxygens (including phenoxy) is 1. The zero-order valence-corrected chi connectivity index (χ0v) is 22.0. The average molecular weight is 502 g/mol. The van der Waals surface area contributed by atoms with Crippen molar-refractivity contribution in [2.24, 2.45) is 0 Å². The monoisotopic (exact) mass is 501 g/mol. The van der Waals surface area contributed by atoms with Gasteiger partial charge in [-0.25, -0.2) is 14.1 Å². The second-order valence-electron chi connectivity index (χ2n) is 8.92. The Labute approximate surface area is 219 Å². The van der Waals surface area contributed by atoms with Crippen molar-refractivity contribution >= 4 is 17.5 Å². The van der Waals surface area contributed by atoms with Gasteiger partial charge < -0.3 is 15.0 Å². The van der Waals surface area contributed by atoms with Crippen molar-refractivity contribution in [1.29, 1.82) is 0 Å². The predicted molar refractivity (Wildman–Crippen MR) is 149 cm³/mol. The first-order valence-electron chi connectivity index (χ1n) is 13.0. The molecule has 4 rings (SSSR count). The number of morpholine rings is 1. The summed E-state index contributed by atoms with van der Waals surface area (Å²) in [6, 6.07) is 10.7. The Morgan fingerprint density at radius 1 is 1.19 bits per heavy atom. The minimum atomic E-state index is -0.277. The fraction of sp³-hybridized carbons (Fsp3) is 0.333. The van der Waals surface area contributed by atoms with Gasteiger partial charge >= 0.3 is 0 Å². The van der Waals surface area contributed by atoms with E-state index in [1.54, 1.807) is 22.9 Å². The number of pyridine rings is 1. The Bertz CT molecular complexity index is 1260. The minimum absolute atomic E-state index is 0.106. The Morgan fingerprint density at radius 3 is 2.59 bits per heavy atom. The zero-order chi connectivity index (χ0) is 26.2. The largest absolute Gasteiger partial charge is 0.378 e. The number of hydrogen-bond acceptors (Lipinski definition) is 5. The Balaban J connectivity index is 1.64. The van der Waals surface area contributed by atoms with E-state index in [1.165, 1.54) is 17.7 Å². The van der Waals surface area contributed by atoms with E-state index in [0.29, 0.717) is 0 Å². The molecular weight excluding hydrogens is 465 g/mol. The summed E-state index contributed by atoms with van der Waals surface area (Å²) in [5, 5.41) is 8.43. The molecule has 1 fully saturated rings. The molecule has 1 aliphatic rings. The van der Waals surface area contributed by atoms with E-state index in [4.69, 9.17) is 4.74 Å².